The van der Waals surface area contributed by atoms with Gasteiger partial charge < -0.3 is 14.6 Å². The highest BCUT2D eigenvalue weighted by Crippen LogP contribution is 2.31. The monoisotopic (exact) mass is 413 g/mol. The van der Waals surface area contributed by atoms with Gasteiger partial charge in [0.05, 0.1) is 13.2 Å². The Hall–Kier alpha value is -3.15. The van der Waals surface area contributed by atoms with Gasteiger partial charge in [-0.2, -0.15) is 0 Å². The minimum absolute atomic E-state index is 0.0866. The number of morpholine rings is 1. The standard InChI is InChI=1S/C26H27N3O2/c1-2-29-24-6-4-3-5-22(24)23-17-21(11-12-25(23)29)27-26(30)20-9-7-19(8-10-20)18-28-13-15-31-16-14-28/h3-12,17H,2,13-16,18H2,1H3,(H,27,30). The van der Waals surface area contributed by atoms with E-state index in [0.717, 1.165) is 50.5 Å². The Morgan fingerprint density at radius 3 is 2.45 bits per heavy atom. The Morgan fingerprint density at radius 2 is 1.68 bits per heavy atom. The number of para-hydroxylation sites is 1. The number of hydrogen-bond donors (Lipinski definition) is 1. The zero-order chi connectivity index (χ0) is 21.2. The van der Waals surface area contributed by atoms with Crippen LogP contribution in [0.3, 0.4) is 0 Å². The summed E-state index contributed by atoms with van der Waals surface area (Å²) in [7, 11) is 0. The maximum absolute atomic E-state index is 12.8. The summed E-state index contributed by atoms with van der Waals surface area (Å²) in [5.41, 5.74) is 5.11. The predicted octanol–water partition coefficient (Wildman–Crippen LogP) is 4.90. The molecule has 1 amide bonds. The van der Waals surface area contributed by atoms with Crippen molar-refractivity contribution in [3.63, 3.8) is 0 Å². The minimum atomic E-state index is -0.0866. The first-order valence-electron chi connectivity index (χ1n) is 10.9. The summed E-state index contributed by atoms with van der Waals surface area (Å²) in [6, 6.07) is 22.5. The van der Waals surface area contributed by atoms with E-state index in [1.165, 1.54) is 22.0 Å². The lowest BCUT2D eigenvalue weighted by Gasteiger charge is -2.26. The molecule has 31 heavy (non-hydrogen) atoms. The van der Waals surface area contributed by atoms with Crippen LogP contribution in [-0.2, 0) is 17.8 Å². The third-order valence-electron chi connectivity index (χ3n) is 6.07. The number of anilines is 1. The summed E-state index contributed by atoms with van der Waals surface area (Å²) < 4.78 is 7.72. The van der Waals surface area contributed by atoms with Crippen LogP contribution in [0.1, 0.15) is 22.8 Å². The van der Waals surface area contributed by atoms with Crippen molar-refractivity contribution < 1.29 is 9.53 Å². The normalized spacial score (nSPS) is 14.9. The highest BCUT2D eigenvalue weighted by atomic mass is 16.5. The predicted molar refractivity (Wildman–Crippen MR) is 126 cm³/mol. The Labute approximate surface area is 182 Å². The summed E-state index contributed by atoms with van der Waals surface area (Å²) in [5.74, 6) is -0.0866. The quantitative estimate of drug-likeness (QED) is 0.506. The van der Waals surface area contributed by atoms with Gasteiger partial charge in [-0.1, -0.05) is 30.3 Å². The van der Waals surface area contributed by atoms with Crippen molar-refractivity contribution >= 4 is 33.4 Å². The lowest BCUT2D eigenvalue weighted by Crippen LogP contribution is -2.35. The van der Waals surface area contributed by atoms with Crippen LogP contribution in [0.5, 0.6) is 0 Å². The van der Waals surface area contributed by atoms with Gasteiger partial charge in [0.25, 0.3) is 5.91 Å². The first kappa shape index (κ1) is 19.8. The molecular weight excluding hydrogens is 386 g/mol. The summed E-state index contributed by atoms with van der Waals surface area (Å²) in [5, 5.41) is 5.44. The Balaban J connectivity index is 1.34. The van der Waals surface area contributed by atoms with Crippen molar-refractivity contribution in [1.82, 2.24) is 9.47 Å². The van der Waals surface area contributed by atoms with Gasteiger partial charge in [0.1, 0.15) is 0 Å². The molecule has 0 atom stereocenters. The molecule has 0 radical (unpaired) electrons. The number of nitrogens with zero attached hydrogens (tertiary/aromatic N) is 2. The minimum Gasteiger partial charge on any atom is -0.379 e. The van der Waals surface area contributed by atoms with Crippen molar-refractivity contribution in [3.8, 4) is 0 Å². The lowest BCUT2D eigenvalue weighted by atomic mass is 10.1. The number of ether oxygens (including phenoxy) is 1. The van der Waals surface area contributed by atoms with Gasteiger partial charge in [-0.15, -0.1) is 0 Å². The summed E-state index contributed by atoms with van der Waals surface area (Å²) >= 11 is 0. The van der Waals surface area contributed by atoms with Gasteiger partial charge in [0.15, 0.2) is 0 Å². The van der Waals surface area contributed by atoms with Gasteiger partial charge in [-0.3, -0.25) is 9.69 Å². The maximum atomic E-state index is 12.8. The van der Waals surface area contributed by atoms with E-state index in [2.05, 4.69) is 58.1 Å². The largest absolute Gasteiger partial charge is 0.379 e. The van der Waals surface area contributed by atoms with E-state index >= 15 is 0 Å². The molecule has 0 aliphatic carbocycles. The molecule has 158 valence electrons. The third-order valence-corrected chi connectivity index (χ3v) is 6.07. The number of rotatable bonds is 5. The molecule has 1 saturated heterocycles. The van der Waals surface area contributed by atoms with Crippen LogP contribution in [0, 0.1) is 0 Å². The molecule has 0 bridgehead atoms. The second kappa shape index (κ2) is 8.53. The molecule has 0 spiro atoms. The second-order valence-corrected chi connectivity index (χ2v) is 8.03. The van der Waals surface area contributed by atoms with Crippen LogP contribution in [0.2, 0.25) is 0 Å². The smallest absolute Gasteiger partial charge is 0.255 e. The molecule has 5 nitrogen and oxygen atoms in total. The van der Waals surface area contributed by atoms with Gasteiger partial charge in [-0.05, 0) is 48.9 Å². The molecule has 3 aromatic carbocycles. The molecule has 1 aliphatic rings. The number of amides is 1. The fourth-order valence-corrected chi connectivity index (χ4v) is 4.45. The zero-order valence-electron chi connectivity index (χ0n) is 17.8. The number of benzene rings is 3. The van der Waals surface area contributed by atoms with Crippen LogP contribution in [-0.4, -0.2) is 41.7 Å². The zero-order valence-corrected chi connectivity index (χ0v) is 17.8. The van der Waals surface area contributed by atoms with Crippen molar-refractivity contribution in [2.75, 3.05) is 31.6 Å². The van der Waals surface area contributed by atoms with E-state index in [-0.39, 0.29) is 5.91 Å². The molecule has 1 aliphatic heterocycles. The molecule has 5 heteroatoms. The van der Waals surface area contributed by atoms with Crippen molar-refractivity contribution in [3.05, 3.63) is 77.9 Å². The molecule has 1 N–H and O–H groups in total. The van der Waals surface area contributed by atoms with E-state index in [1.54, 1.807) is 0 Å². The lowest BCUT2D eigenvalue weighted by molar-refractivity contribution is 0.0342. The van der Waals surface area contributed by atoms with Crippen molar-refractivity contribution in [2.24, 2.45) is 0 Å². The Morgan fingerprint density at radius 1 is 0.935 bits per heavy atom. The molecule has 5 rings (SSSR count). The first-order chi connectivity index (χ1) is 15.2. The number of aryl methyl sites for hydroxylation is 1. The number of nitrogens with one attached hydrogen (secondary N) is 1. The van der Waals surface area contributed by atoms with Gasteiger partial charge in [0.2, 0.25) is 0 Å². The second-order valence-electron chi connectivity index (χ2n) is 8.03. The average Bonchev–Trinajstić information content (AvgIpc) is 3.13. The fraction of sp³-hybridized carbons (Fsp3) is 0.269. The van der Waals surface area contributed by atoms with Crippen molar-refractivity contribution in [2.45, 2.75) is 20.0 Å². The van der Waals surface area contributed by atoms with E-state index in [0.29, 0.717) is 5.56 Å². The van der Waals surface area contributed by atoms with E-state index < -0.39 is 0 Å². The Bertz CT molecular complexity index is 1220. The number of aromatic nitrogens is 1. The van der Waals surface area contributed by atoms with Crippen LogP contribution in [0.15, 0.2) is 66.7 Å². The SMILES string of the molecule is CCn1c2ccccc2c2cc(NC(=O)c3ccc(CN4CCOCC4)cc3)ccc21. The fourth-order valence-electron chi connectivity index (χ4n) is 4.45. The number of carbonyl (C=O) groups is 1. The number of fused-ring (bicyclic) bond motifs is 3. The summed E-state index contributed by atoms with van der Waals surface area (Å²) in [6.45, 7) is 7.46. The topological polar surface area (TPSA) is 46.5 Å². The molecule has 1 fully saturated rings. The molecule has 0 saturated carbocycles. The molecule has 4 aromatic rings. The van der Waals surface area contributed by atoms with Gasteiger partial charge in [-0.25, -0.2) is 0 Å². The van der Waals surface area contributed by atoms with E-state index in [4.69, 9.17) is 4.74 Å². The van der Waals surface area contributed by atoms with E-state index in [9.17, 15) is 4.79 Å². The molecule has 2 heterocycles. The highest BCUT2D eigenvalue weighted by molar-refractivity contribution is 6.11. The number of hydrogen-bond acceptors (Lipinski definition) is 3. The summed E-state index contributed by atoms with van der Waals surface area (Å²) in [4.78, 5) is 15.2. The first-order valence-corrected chi connectivity index (χ1v) is 10.9. The molecule has 1 aromatic heterocycles. The third kappa shape index (κ3) is 3.94. The number of carbonyl (C=O) groups excluding carboxylic acids is 1. The van der Waals surface area contributed by atoms with Crippen LogP contribution < -0.4 is 5.32 Å². The Kier molecular flexibility index (Phi) is 5.45. The van der Waals surface area contributed by atoms with Crippen LogP contribution in [0.4, 0.5) is 5.69 Å². The highest BCUT2D eigenvalue weighted by Gasteiger charge is 2.13. The van der Waals surface area contributed by atoms with Gasteiger partial charge >= 0.3 is 0 Å². The van der Waals surface area contributed by atoms with Gasteiger partial charge in [0, 0.05) is 59.2 Å². The average molecular weight is 414 g/mol. The van der Waals surface area contributed by atoms with Crippen molar-refractivity contribution in [1.29, 1.82) is 0 Å². The molecule has 0 unspecified atom stereocenters. The summed E-state index contributed by atoms with van der Waals surface area (Å²) in [6.07, 6.45) is 0. The van der Waals surface area contributed by atoms with Crippen LogP contribution in [0.25, 0.3) is 21.8 Å². The van der Waals surface area contributed by atoms with Crippen LogP contribution >= 0.6 is 0 Å². The maximum Gasteiger partial charge on any atom is 0.255 e. The molecular formula is C26H27N3O2. The van der Waals surface area contributed by atoms with E-state index in [1.807, 2.05) is 30.3 Å².